The molecule has 5 nitrogen and oxygen atoms in total. The van der Waals surface area contributed by atoms with E-state index in [1.807, 2.05) is 12.1 Å². The maximum atomic E-state index is 13.7. The summed E-state index contributed by atoms with van der Waals surface area (Å²) in [6, 6.07) is 10.8. The number of benzene rings is 2. The highest BCUT2D eigenvalue weighted by Gasteiger charge is 2.47. The second-order valence-corrected chi connectivity index (χ2v) is 11.7. The number of Topliss-reactive ketones (excluding diaryl/α,β-unsaturated/α-hetero) is 1. The number of carbonyl (C=O) groups excluding carboxylic acids is 2. The van der Waals surface area contributed by atoms with Gasteiger partial charge in [0.2, 0.25) is 5.91 Å². The Hall–Kier alpha value is -2.21. The molecule has 1 aliphatic carbocycles. The molecule has 7 heteroatoms. The Morgan fingerprint density at radius 1 is 1.09 bits per heavy atom. The number of likely N-dealkylation sites (tertiary alicyclic amines) is 1. The van der Waals surface area contributed by atoms with Crippen LogP contribution in [0.15, 0.2) is 41.4 Å². The van der Waals surface area contributed by atoms with Gasteiger partial charge in [0.05, 0.1) is 23.3 Å². The lowest BCUT2D eigenvalue weighted by Gasteiger charge is -2.41. The van der Waals surface area contributed by atoms with Gasteiger partial charge < -0.3 is 4.90 Å². The van der Waals surface area contributed by atoms with E-state index in [9.17, 15) is 9.59 Å². The Balaban J connectivity index is 1.69. The molecule has 0 bridgehead atoms. The lowest BCUT2D eigenvalue weighted by molar-refractivity contribution is -0.124. The first-order valence-electron chi connectivity index (χ1n) is 12.3. The van der Waals surface area contributed by atoms with E-state index in [4.69, 9.17) is 28.2 Å². The van der Waals surface area contributed by atoms with Crippen LogP contribution in [0.4, 0.5) is 11.4 Å². The highest BCUT2D eigenvalue weighted by molar-refractivity contribution is 6.35. The first-order valence-corrected chi connectivity index (χ1v) is 13.1. The molecule has 1 saturated heterocycles. The zero-order valence-electron chi connectivity index (χ0n) is 20.5. The molecule has 0 spiro atoms. The van der Waals surface area contributed by atoms with E-state index in [0.29, 0.717) is 34.1 Å². The third-order valence-electron chi connectivity index (χ3n) is 7.40. The predicted molar refractivity (Wildman–Crippen MR) is 142 cm³/mol. The quantitative estimate of drug-likeness (QED) is 0.456. The summed E-state index contributed by atoms with van der Waals surface area (Å²) < 4.78 is 0. The molecule has 35 heavy (non-hydrogen) atoms. The Bertz CT molecular complexity index is 1220. The molecule has 2 unspecified atom stereocenters. The Kier molecular flexibility index (Phi) is 6.54. The van der Waals surface area contributed by atoms with Gasteiger partial charge in [-0.3, -0.25) is 19.5 Å². The summed E-state index contributed by atoms with van der Waals surface area (Å²) >= 11 is 12.9. The summed E-state index contributed by atoms with van der Waals surface area (Å²) in [6.07, 6.45) is 3.58. The van der Waals surface area contributed by atoms with Crippen LogP contribution in [0, 0.1) is 11.3 Å². The molecule has 1 saturated carbocycles. The van der Waals surface area contributed by atoms with Gasteiger partial charge in [0.15, 0.2) is 0 Å². The maximum absolute atomic E-state index is 13.7. The first-order chi connectivity index (χ1) is 16.6. The minimum Gasteiger partial charge on any atom is -0.302 e. The molecule has 2 atom stereocenters. The van der Waals surface area contributed by atoms with Gasteiger partial charge in [-0.05, 0) is 73.2 Å². The van der Waals surface area contributed by atoms with Gasteiger partial charge >= 0.3 is 0 Å². The molecule has 184 valence electrons. The van der Waals surface area contributed by atoms with Gasteiger partial charge in [-0.15, -0.1) is 0 Å². The van der Waals surface area contributed by atoms with E-state index >= 15 is 0 Å². The molecule has 0 aromatic heterocycles. The molecule has 2 heterocycles. The fraction of sp³-hybridized carbons (Fsp3) is 0.464. The van der Waals surface area contributed by atoms with Crippen LogP contribution in [0.3, 0.4) is 0 Å². The number of anilines is 1. The standard InChI is InChI=1S/C28H31Cl2N3O2/c1-17(34)33-24-9-6-18(16-32-10-4-5-11-32)12-22(24)31-23-14-28(2,3)15-25(35)26(23)27(33)20-8-7-19(29)13-21(20)30/h6-9,12-13,26-27H,4-5,10-11,14-16H2,1-3H3. The monoisotopic (exact) mass is 511 g/mol. The summed E-state index contributed by atoms with van der Waals surface area (Å²) in [5.41, 5.74) is 3.97. The molecule has 2 aromatic carbocycles. The van der Waals surface area contributed by atoms with Crippen molar-refractivity contribution in [1.29, 1.82) is 0 Å². The van der Waals surface area contributed by atoms with Crippen molar-refractivity contribution in [3.63, 3.8) is 0 Å². The van der Waals surface area contributed by atoms with Gasteiger partial charge in [-0.25, -0.2) is 0 Å². The summed E-state index contributed by atoms with van der Waals surface area (Å²) in [5, 5.41) is 0.957. The minimum absolute atomic E-state index is 0.0902. The van der Waals surface area contributed by atoms with Gasteiger partial charge in [0.1, 0.15) is 5.78 Å². The molecule has 2 aromatic rings. The fourth-order valence-corrected chi connectivity index (χ4v) is 6.46. The summed E-state index contributed by atoms with van der Waals surface area (Å²) in [6.45, 7) is 8.82. The van der Waals surface area contributed by atoms with Crippen molar-refractivity contribution in [1.82, 2.24) is 4.90 Å². The molecule has 5 rings (SSSR count). The first kappa shape index (κ1) is 24.5. The van der Waals surface area contributed by atoms with Crippen molar-refractivity contribution in [3.05, 3.63) is 57.6 Å². The second kappa shape index (κ2) is 9.34. The lowest BCUT2D eigenvalue weighted by atomic mass is 9.68. The molecular formula is C28H31Cl2N3O2. The number of fused-ring (bicyclic) bond motifs is 2. The topological polar surface area (TPSA) is 53.0 Å². The van der Waals surface area contributed by atoms with Crippen molar-refractivity contribution in [2.75, 3.05) is 18.0 Å². The Morgan fingerprint density at radius 2 is 1.83 bits per heavy atom. The van der Waals surface area contributed by atoms with E-state index in [1.54, 1.807) is 24.0 Å². The fourth-order valence-electron chi connectivity index (χ4n) is 5.94. The number of carbonyl (C=O) groups is 2. The highest BCUT2D eigenvalue weighted by Crippen LogP contribution is 2.49. The van der Waals surface area contributed by atoms with Crippen LogP contribution < -0.4 is 4.90 Å². The number of amides is 1. The van der Waals surface area contributed by atoms with Gasteiger partial charge in [-0.1, -0.05) is 49.2 Å². The van der Waals surface area contributed by atoms with Crippen molar-refractivity contribution in [3.8, 4) is 0 Å². The molecule has 2 fully saturated rings. The number of hydrogen-bond donors (Lipinski definition) is 0. The van der Waals surface area contributed by atoms with E-state index in [0.717, 1.165) is 31.0 Å². The largest absolute Gasteiger partial charge is 0.302 e. The second-order valence-electron chi connectivity index (χ2n) is 10.9. The average molecular weight is 512 g/mol. The number of nitrogens with zero attached hydrogens (tertiary/aromatic N) is 3. The molecule has 1 amide bonds. The van der Waals surface area contributed by atoms with Gasteiger partial charge in [0, 0.05) is 35.6 Å². The molecule has 2 aliphatic heterocycles. The average Bonchev–Trinajstić information content (AvgIpc) is 3.21. The summed E-state index contributed by atoms with van der Waals surface area (Å²) in [7, 11) is 0. The van der Waals surface area contributed by atoms with Crippen LogP contribution in [-0.2, 0) is 16.1 Å². The van der Waals surface area contributed by atoms with Crippen molar-refractivity contribution in [2.24, 2.45) is 16.3 Å². The van der Waals surface area contributed by atoms with E-state index < -0.39 is 12.0 Å². The molecular weight excluding hydrogens is 481 g/mol. The smallest absolute Gasteiger partial charge is 0.224 e. The van der Waals surface area contributed by atoms with Gasteiger partial charge in [-0.2, -0.15) is 0 Å². The van der Waals surface area contributed by atoms with Crippen molar-refractivity contribution < 1.29 is 9.59 Å². The Morgan fingerprint density at radius 3 is 2.51 bits per heavy atom. The molecule has 0 N–H and O–H groups in total. The van der Waals surface area contributed by atoms with Crippen LogP contribution in [0.5, 0.6) is 0 Å². The SMILES string of the molecule is CC(=O)N1c2ccc(CN3CCCC3)cc2N=C2CC(C)(C)CC(=O)C2C1c1ccc(Cl)cc1Cl. The number of aliphatic imine (C=N–C) groups is 1. The number of ketones is 1. The van der Waals surface area contributed by atoms with Crippen LogP contribution >= 0.6 is 23.2 Å². The van der Waals surface area contributed by atoms with E-state index in [-0.39, 0.29) is 17.1 Å². The lowest BCUT2D eigenvalue weighted by Crippen LogP contribution is -2.47. The van der Waals surface area contributed by atoms with E-state index in [2.05, 4.69) is 30.9 Å². The third kappa shape index (κ3) is 4.78. The highest BCUT2D eigenvalue weighted by atomic mass is 35.5. The maximum Gasteiger partial charge on any atom is 0.224 e. The zero-order valence-corrected chi connectivity index (χ0v) is 22.0. The minimum atomic E-state index is -0.578. The van der Waals surface area contributed by atoms with Crippen LogP contribution in [0.1, 0.15) is 63.6 Å². The Labute approximate surface area is 217 Å². The molecule has 0 radical (unpaired) electrons. The van der Waals surface area contributed by atoms with Crippen LogP contribution in [0.25, 0.3) is 0 Å². The number of rotatable bonds is 3. The number of hydrogen-bond acceptors (Lipinski definition) is 4. The van der Waals surface area contributed by atoms with Crippen molar-refractivity contribution in [2.45, 2.75) is 59.0 Å². The van der Waals surface area contributed by atoms with Crippen molar-refractivity contribution >= 4 is 52.0 Å². The van der Waals surface area contributed by atoms with Crippen LogP contribution in [0.2, 0.25) is 10.0 Å². The summed E-state index contributed by atoms with van der Waals surface area (Å²) in [5.74, 6) is -0.615. The third-order valence-corrected chi connectivity index (χ3v) is 7.96. The van der Waals surface area contributed by atoms with Crippen LogP contribution in [-0.4, -0.2) is 35.4 Å². The van der Waals surface area contributed by atoms with E-state index in [1.165, 1.54) is 18.4 Å². The summed E-state index contributed by atoms with van der Waals surface area (Å²) in [4.78, 5) is 36.2. The predicted octanol–water partition coefficient (Wildman–Crippen LogP) is 6.77. The van der Waals surface area contributed by atoms with Gasteiger partial charge in [0.25, 0.3) is 0 Å². The molecule has 3 aliphatic rings. The normalized spacial score (nSPS) is 24.0. The number of halogens is 2. The zero-order chi connectivity index (χ0) is 24.9.